The van der Waals surface area contributed by atoms with Crippen molar-refractivity contribution in [2.24, 2.45) is 5.73 Å². The van der Waals surface area contributed by atoms with Gasteiger partial charge in [0.25, 0.3) is 0 Å². The number of amides is 1. The van der Waals surface area contributed by atoms with E-state index < -0.39 is 0 Å². The summed E-state index contributed by atoms with van der Waals surface area (Å²) in [7, 11) is 0. The molecule has 18 heavy (non-hydrogen) atoms. The van der Waals surface area contributed by atoms with Crippen molar-refractivity contribution in [2.45, 2.75) is 39.2 Å². The molecule has 1 aromatic carbocycles. The third kappa shape index (κ3) is 2.41. The van der Waals surface area contributed by atoms with E-state index in [2.05, 4.69) is 32.0 Å². The minimum Gasteiger partial charge on any atom is -0.335 e. The monoisotopic (exact) mass is 246 g/mol. The number of piperidine rings is 1. The highest BCUT2D eigenvalue weighted by molar-refractivity contribution is 5.78. The maximum absolute atomic E-state index is 11.9. The van der Waals surface area contributed by atoms with Crippen LogP contribution in [0.1, 0.15) is 42.0 Å². The van der Waals surface area contributed by atoms with Gasteiger partial charge in [-0.25, -0.2) is 0 Å². The predicted molar refractivity (Wildman–Crippen MR) is 73.3 cm³/mol. The molecule has 98 valence electrons. The lowest BCUT2D eigenvalue weighted by molar-refractivity contribution is -0.133. The number of hydrogen-bond donors (Lipinski definition) is 1. The zero-order chi connectivity index (χ0) is 13.1. The molecule has 2 rings (SSSR count). The second kappa shape index (κ2) is 5.53. The molecule has 3 nitrogen and oxygen atoms in total. The summed E-state index contributed by atoms with van der Waals surface area (Å²) in [5.41, 5.74) is 9.40. The summed E-state index contributed by atoms with van der Waals surface area (Å²) in [4.78, 5) is 13.9. The molecule has 1 fully saturated rings. The Hall–Kier alpha value is -1.35. The second-order valence-electron chi connectivity index (χ2n) is 5.09. The number of benzene rings is 1. The lowest BCUT2D eigenvalue weighted by atomic mass is 9.90. The average Bonchev–Trinajstić information content (AvgIpc) is 2.41. The van der Waals surface area contributed by atoms with Gasteiger partial charge < -0.3 is 10.6 Å². The quantitative estimate of drug-likeness (QED) is 0.870. The van der Waals surface area contributed by atoms with Crippen LogP contribution in [-0.4, -0.2) is 23.9 Å². The molecule has 0 spiro atoms. The lowest BCUT2D eigenvalue weighted by Gasteiger charge is -2.37. The van der Waals surface area contributed by atoms with Gasteiger partial charge in [0.1, 0.15) is 0 Å². The van der Waals surface area contributed by atoms with Gasteiger partial charge in [0.15, 0.2) is 0 Å². The van der Waals surface area contributed by atoms with E-state index in [9.17, 15) is 4.79 Å². The standard InChI is InChI=1S/C15H22N2O/c1-11-6-5-7-13(12(11)2)14-8-3-4-9-17(14)15(18)10-16/h5-7,14H,3-4,8-10,16H2,1-2H3/t14-/m1/s1. The molecule has 2 N–H and O–H groups in total. The van der Waals surface area contributed by atoms with Crippen LogP contribution in [0.5, 0.6) is 0 Å². The van der Waals surface area contributed by atoms with E-state index in [1.54, 1.807) is 0 Å². The Bertz CT molecular complexity index is 442. The van der Waals surface area contributed by atoms with Crippen LogP contribution in [-0.2, 0) is 4.79 Å². The third-order valence-corrected chi connectivity index (χ3v) is 4.00. The third-order valence-electron chi connectivity index (χ3n) is 4.00. The van der Waals surface area contributed by atoms with Crippen molar-refractivity contribution in [1.29, 1.82) is 0 Å². The number of carbonyl (C=O) groups is 1. The molecule has 0 aliphatic carbocycles. The van der Waals surface area contributed by atoms with Crippen LogP contribution >= 0.6 is 0 Å². The van der Waals surface area contributed by atoms with Crippen molar-refractivity contribution >= 4 is 5.91 Å². The van der Waals surface area contributed by atoms with Crippen molar-refractivity contribution in [1.82, 2.24) is 4.90 Å². The van der Waals surface area contributed by atoms with Gasteiger partial charge in [-0.05, 0) is 49.8 Å². The number of carbonyl (C=O) groups excluding carboxylic acids is 1. The Morgan fingerprint density at radius 2 is 2.17 bits per heavy atom. The zero-order valence-corrected chi connectivity index (χ0v) is 11.3. The Morgan fingerprint density at radius 3 is 2.89 bits per heavy atom. The van der Waals surface area contributed by atoms with Gasteiger partial charge in [0.05, 0.1) is 12.6 Å². The topological polar surface area (TPSA) is 46.3 Å². The number of nitrogens with two attached hydrogens (primary N) is 1. The summed E-state index contributed by atoms with van der Waals surface area (Å²) in [5, 5.41) is 0. The summed E-state index contributed by atoms with van der Waals surface area (Å²) in [6.07, 6.45) is 3.33. The van der Waals surface area contributed by atoms with E-state index in [4.69, 9.17) is 5.73 Å². The van der Waals surface area contributed by atoms with Crippen molar-refractivity contribution in [3.05, 3.63) is 34.9 Å². The first-order chi connectivity index (χ1) is 8.65. The Kier molecular flexibility index (Phi) is 4.02. The van der Waals surface area contributed by atoms with E-state index in [0.717, 1.165) is 19.4 Å². The van der Waals surface area contributed by atoms with Crippen molar-refractivity contribution in [3.63, 3.8) is 0 Å². The highest BCUT2D eigenvalue weighted by Gasteiger charge is 2.28. The fraction of sp³-hybridized carbons (Fsp3) is 0.533. The number of rotatable bonds is 2. The lowest BCUT2D eigenvalue weighted by Crippen LogP contribution is -2.42. The van der Waals surface area contributed by atoms with Gasteiger partial charge in [0, 0.05) is 6.54 Å². The van der Waals surface area contributed by atoms with Gasteiger partial charge in [-0.2, -0.15) is 0 Å². The minimum absolute atomic E-state index is 0.0700. The summed E-state index contributed by atoms with van der Waals surface area (Å²) >= 11 is 0. The summed E-state index contributed by atoms with van der Waals surface area (Å²) < 4.78 is 0. The van der Waals surface area contributed by atoms with Crippen molar-refractivity contribution in [3.8, 4) is 0 Å². The maximum Gasteiger partial charge on any atom is 0.236 e. The fourth-order valence-electron chi connectivity index (χ4n) is 2.81. The molecule has 1 aliphatic heterocycles. The number of nitrogens with zero attached hydrogens (tertiary/aromatic N) is 1. The first-order valence-corrected chi connectivity index (χ1v) is 6.70. The summed E-state index contributed by atoms with van der Waals surface area (Å²) in [6.45, 7) is 5.22. The predicted octanol–water partition coefficient (Wildman–Crippen LogP) is 2.32. The van der Waals surface area contributed by atoms with Gasteiger partial charge >= 0.3 is 0 Å². The molecule has 1 amide bonds. The summed E-state index contributed by atoms with van der Waals surface area (Å²) in [6, 6.07) is 6.57. The van der Waals surface area contributed by atoms with E-state index >= 15 is 0 Å². The van der Waals surface area contributed by atoms with E-state index in [-0.39, 0.29) is 18.5 Å². The van der Waals surface area contributed by atoms with Crippen LogP contribution in [0.4, 0.5) is 0 Å². The molecule has 1 heterocycles. The molecule has 0 unspecified atom stereocenters. The van der Waals surface area contributed by atoms with Crippen LogP contribution in [0.2, 0.25) is 0 Å². The molecule has 1 saturated heterocycles. The van der Waals surface area contributed by atoms with Gasteiger partial charge in [-0.1, -0.05) is 18.2 Å². The second-order valence-corrected chi connectivity index (χ2v) is 5.09. The van der Waals surface area contributed by atoms with Crippen molar-refractivity contribution < 1.29 is 4.79 Å². The highest BCUT2D eigenvalue weighted by Crippen LogP contribution is 2.33. The Balaban J connectivity index is 2.34. The zero-order valence-electron chi connectivity index (χ0n) is 11.3. The number of aryl methyl sites for hydroxylation is 1. The SMILES string of the molecule is Cc1cccc([C@H]2CCCCN2C(=O)CN)c1C. The molecule has 1 atom stereocenters. The Morgan fingerprint density at radius 1 is 1.39 bits per heavy atom. The normalized spacial score (nSPS) is 19.9. The molecule has 3 heteroatoms. The molecule has 1 aromatic rings. The molecule has 1 aliphatic rings. The van der Waals surface area contributed by atoms with Gasteiger partial charge in [-0.15, -0.1) is 0 Å². The maximum atomic E-state index is 11.9. The molecular weight excluding hydrogens is 224 g/mol. The number of likely N-dealkylation sites (tertiary alicyclic amines) is 1. The van der Waals surface area contributed by atoms with E-state index in [1.165, 1.54) is 23.1 Å². The molecular formula is C15H22N2O. The van der Waals surface area contributed by atoms with Crippen LogP contribution in [0.25, 0.3) is 0 Å². The van der Waals surface area contributed by atoms with Gasteiger partial charge in [-0.3, -0.25) is 4.79 Å². The Labute approximate surface area is 109 Å². The van der Waals surface area contributed by atoms with Crippen LogP contribution in [0.15, 0.2) is 18.2 Å². The number of hydrogen-bond acceptors (Lipinski definition) is 2. The fourth-order valence-corrected chi connectivity index (χ4v) is 2.81. The highest BCUT2D eigenvalue weighted by atomic mass is 16.2. The average molecular weight is 246 g/mol. The summed E-state index contributed by atoms with van der Waals surface area (Å²) in [5.74, 6) is 0.0700. The van der Waals surface area contributed by atoms with Crippen LogP contribution in [0.3, 0.4) is 0 Å². The van der Waals surface area contributed by atoms with E-state index in [1.807, 2.05) is 4.90 Å². The van der Waals surface area contributed by atoms with Gasteiger partial charge in [0.2, 0.25) is 5.91 Å². The van der Waals surface area contributed by atoms with Crippen LogP contribution < -0.4 is 5.73 Å². The minimum atomic E-state index is 0.0700. The molecule has 0 saturated carbocycles. The largest absolute Gasteiger partial charge is 0.335 e. The first kappa shape index (κ1) is 13.1. The van der Waals surface area contributed by atoms with E-state index in [0.29, 0.717) is 0 Å². The molecule has 0 bridgehead atoms. The van der Waals surface area contributed by atoms with Crippen LogP contribution in [0, 0.1) is 13.8 Å². The molecule has 0 radical (unpaired) electrons. The first-order valence-electron chi connectivity index (χ1n) is 6.70. The van der Waals surface area contributed by atoms with Crippen molar-refractivity contribution in [2.75, 3.05) is 13.1 Å². The molecule has 0 aromatic heterocycles. The smallest absolute Gasteiger partial charge is 0.236 e.